The van der Waals surface area contributed by atoms with Crippen LogP contribution in [0.3, 0.4) is 0 Å². The summed E-state index contributed by atoms with van der Waals surface area (Å²) in [5, 5.41) is 17.7. The van der Waals surface area contributed by atoms with Crippen LogP contribution in [0.4, 0.5) is 0 Å². The van der Waals surface area contributed by atoms with Crippen LogP contribution >= 0.6 is 0 Å². The third-order valence-electron chi connectivity index (χ3n) is 2.10. The van der Waals surface area contributed by atoms with Gasteiger partial charge in [-0.25, -0.2) is 0 Å². The third-order valence-corrected chi connectivity index (χ3v) is 2.10. The Morgan fingerprint density at radius 3 is 2.88 bits per heavy atom. The summed E-state index contributed by atoms with van der Waals surface area (Å²) in [6.07, 6.45) is -0.401. The Labute approximate surface area is 96.9 Å². The van der Waals surface area contributed by atoms with Crippen LogP contribution in [0, 0.1) is 0 Å². The van der Waals surface area contributed by atoms with Crippen LogP contribution in [0.15, 0.2) is 28.7 Å². The summed E-state index contributed by atoms with van der Waals surface area (Å²) in [6, 6.07) is 7.09. The topological polar surface area (TPSA) is 88.3 Å². The fourth-order valence-corrected chi connectivity index (χ4v) is 1.38. The smallest absolute Gasteiger partial charge is 0.251 e. The summed E-state index contributed by atoms with van der Waals surface area (Å²) >= 11 is 0. The number of nitrogens with zero attached hydrogens (tertiary/aromatic N) is 2. The molecule has 0 atom stereocenters. The van der Waals surface area contributed by atoms with E-state index in [1.807, 2.05) is 0 Å². The maximum atomic E-state index is 10.4. The summed E-state index contributed by atoms with van der Waals surface area (Å²) in [6.45, 7) is 0. The molecule has 0 aliphatic heterocycles. The highest BCUT2D eigenvalue weighted by Crippen LogP contribution is 2.28. The molecule has 88 valence electrons. The quantitative estimate of drug-likeness (QED) is 0.740. The van der Waals surface area contributed by atoms with Gasteiger partial charge in [-0.05, 0) is 12.1 Å². The number of methoxy groups -OCH3 is 1. The van der Waals surface area contributed by atoms with Crippen molar-refractivity contribution in [2.24, 2.45) is 0 Å². The zero-order valence-corrected chi connectivity index (χ0v) is 9.04. The van der Waals surface area contributed by atoms with Gasteiger partial charge in [0, 0.05) is 0 Å². The SMILES string of the molecule is COc1ccccc1-c1nnc(CC(=O)[O-])o1. The van der Waals surface area contributed by atoms with Gasteiger partial charge in [-0.1, -0.05) is 12.1 Å². The van der Waals surface area contributed by atoms with Crippen molar-refractivity contribution in [3.8, 4) is 17.2 Å². The lowest BCUT2D eigenvalue weighted by molar-refractivity contribution is -0.305. The van der Waals surface area contributed by atoms with Gasteiger partial charge in [0.1, 0.15) is 5.75 Å². The molecule has 0 unspecified atom stereocenters. The van der Waals surface area contributed by atoms with Gasteiger partial charge in [-0.3, -0.25) is 0 Å². The first-order valence-corrected chi connectivity index (χ1v) is 4.86. The molecule has 0 N–H and O–H groups in total. The molecule has 6 nitrogen and oxygen atoms in total. The summed E-state index contributed by atoms with van der Waals surface area (Å²) < 4.78 is 10.3. The summed E-state index contributed by atoms with van der Waals surface area (Å²) in [5.41, 5.74) is 0.618. The average Bonchev–Trinajstić information content (AvgIpc) is 2.76. The lowest BCUT2D eigenvalue weighted by Gasteiger charge is -2.03. The van der Waals surface area contributed by atoms with E-state index in [2.05, 4.69) is 10.2 Å². The highest BCUT2D eigenvalue weighted by atomic mass is 16.5. The summed E-state index contributed by atoms with van der Waals surface area (Å²) in [7, 11) is 1.53. The van der Waals surface area contributed by atoms with Crippen LogP contribution in [-0.4, -0.2) is 23.3 Å². The van der Waals surface area contributed by atoms with Crippen LogP contribution < -0.4 is 9.84 Å². The zero-order valence-electron chi connectivity index (χ0n) is 9.04. The molecule has 1 heterocycles. The van der Waals surface area contributed by atoms with Crippen molar-refractivity contribution in [2.75, 3.05) is 7.11 Å². The van der Waals surface area contributed by atoms with E-state index in [1.165, 1.54) is 7.11 Å². The minimum absolute atomic E-state index is 0.00547. The molecule has 0 spiro atoms. The molecule has 1 aromatic heterocycles. The largest absolute Gasteiger partial charge is 0.550 e. The monoisotopic (exact) mass is 233 g/mol. The Morgan fingerprint density at radius 2 is 2.18 bits per heavy atom. The lowest BCUT2D eigenvalue weighted by atomic mass is 10.2. The predicted octanol–water partition coefficient (Wildman–Crippen LogP) is 0.0376. The number of carboxylic acids is 1. The predicted molar refractivity (Wildman–Crippen MR) is 55.0 cm³/mol. The fourth-order valence-electron chi connectivity index (χ4n) is 1.38. The van der Waals surface area contributed by atoms with Gasteiger partial charge in [0.25, 0.3) is 5.89 Å². The van der Waals surface area contributed by atoms with E-state index in [1.54, 1.807) is 24.3 Å². The number of rotatable bonds is 4. The number of para-hydroxylation sites is 1. The van der Waals surface area contributed by atoms with Gasteiger partial charge < -0.3 is 19.1 Å². The number of carboxylic acid groups (broad SMARTS) is 1. The highest BCUT2D eigenvalue weighted by Gasteiger charge is 2.12. The molecule has 0 amide bonds. The first-order valence-electron chi connectivity index (χ1n) is 4.86. The molecule has 17 heavy (non-hydrogen) atoms. The van der Waals surface area contributed by atoms with Gasteiger partial charge in [-0.2, -0.15) is 0 Å². The van der Waals surface area contributed by atoms with Crippen LogP contribution in [-0.2, 0) is 11.2 Å². The molecule has 1 aromatic carbocycles. The minimum Gasteiger partial charge on any atom is -0.550 e. The Morgan fingerprint density at radius 1 is 1.41 bits per heavy atom. The molecule has 0 saturated heterocycles. The number of aromatic nitrogens is 2. The average molecular weight is 233 g/mol. The Hall–Kier alpha value is -2.37. The lowest BCUT2D eigenvalue weighted by Crippen LogP contribution is -2.24. The third kappa shape index (κ3) is 2.41. The van der Waals surface area contributed by atoms with E-state index in [-0.39, 0.29) is 11.8 Å². The number of ether oxygens (including phenoxy) is 1. The van der Waals surface area contributed by atoms with Gasteiger partial charge >= 0.3 is 0 Å². The maximum Gasteiger partial charge on any atom is 0.251 e. The number of hydrogen-bond acceptors (Lipinski definition) is 6. The molecule has 2 aromatic rings. The highest BCUT2D eigenvalue weighted by molar-refractivity contribution is 5.67. The van der Waals surface area contributed by atoms with E-state index in [4.69, 9.17) is 9.15 Å². The second-order valence-corrected chi connectivity index (χ2v) is 3.25. The van der Waals surface area contributed by atoms with Crippen molar-refractivity contribution < 1.29 is 19.1 Å². The zero-order chi connectivity index (χ0) is 12.3. The molecule has 0 bridgehead atoms. The molecular formula is C11H9N2O4-. The Kier molecular flexibility index (Phi) is 3.04. The maximum absolute atomic E-state index is 10.4. The second kappa shape index (κ2) is 4.65. The molecular weight excluding hydrogens is 224 g/mol. The normalized spacial score (nSPS) is 10.2. The van der Waals surface area contributed by atoms with Crippen molar-refractivity contribution in [1.82, 2.24) is 10.2 Å². The molecule has 0 radical (unpaired) electrons. The van der Waals surface area contributed by atoms with Crippen molar-refractivity contribution >= 4 is 5.97 Å². The van der Waals surface area contributed by atoms with E-state index in [0.717, 1.165) is 0 Å². The van der Waals surface area contributed by atoms with Crippen molar-refractivity contribution in [1.29, 1.82) is 0 Å². The first-order chi connectivity index (χ1) is 8.20. The van der Waals surface area contributed by atoms with Crippen LogP contribution in [0.2, 0.25) is 0 Å². The van der Waals surface area contributed by atoms with Gasteiger partial charge in [0.15, 0.2) is 0 Å². The van der Waals surface area contributed by atoms with Crippen molar-refractivity contribution in [2.45, 2.75) is 6.42 Å². The standard InChI is InChI=1S/C11H10N2O4/c1-16-8-5-3-2-4-7(8)11-13-12-9(17-11)6-10(14)15/h2-5H,6H2,1H3,(H,14,15)/p-1. The van der Waals surface area contributed by atoms with Crippen molar-refractivity contribution in [3.05, 3.63) is 30.2 Å². The number of benzene rings is 1. The van der Waals surface area contributed by atoms with Crippen LogP contribution in [0.25, 0.3) is 11.5 Å². The molecule has 6 heteroatoms. The van der Waals surface area contributed by atoms with Gasteiger partial charge in [0.05, 0.1) is 25.1 Å². The van der Waals surface area contributed by atoms with Gasteiger partial charge in [0.2, 0.25) is 5.89 Å². The number of aliphatic carboxylic acids is 1. The van der Waals surface area contributed by atoms with E-state index in [9.17, 15) is 9.90 Å². The molecule has 0 aliphatic rings. The first kappa shape index (κ1) is 11.1. The Balaban J connectivity index is 2.33. The minimum atomic E-state index is -1.26. The van der Waals surface area contributed by atoms with E-state index < -0.39 is 12.4 Å². The number of carbonyl (C=O) groups is 1. The number of hydrogen-bond donors (Lipinski definition) is 0. The van der Waals surface area contributed by atoms with E-state index in [0.29, 0.717) is 11.3 Å². The fraction of sp³-hybridized carbons (Fsp3) is 0.182. The molecule has 0 saturated carbocycles. The summed E-state index contributed by atoms with van der Waals surface area (Å²) in [4.78, 5) is 10.4. The Bertz CT molecular complexity index is 536. The van der Waals surface area contributed by atoms with Crippen LogP contribution in [0.5, 0.6) is 5.75 Å². The molecule has 0 fully saturated rings. The summed E-state index contributed by atoms with van der Waals surface area (Å²) in [5.74, 6) is -0.457. The molecule has 0 aliphatic carbocycles. The second-order valence-electron chi connectivity index (χ2n) is 3.25. The molecule has 2 rings (SSSR count). The van der Waals surface area contributed by atoms with E-state index >= 15 is 0 Å². The van der Waals surface area contributed by atoms with Crippen molar-refractivity contribution in [3.63, 3.8) is 0 Å². The van der Waals surface area contributed by atoms with Gasteiger partial charge in [-0.15, -0.1) is 10.2 Å². The van der Waals surface area contributed by atoms with Crippen LogP contribution in [0.1, 0.15) is 5.89 Å². The number of carbonyl (C=O) groups excluding carboxylic acids is 1.